The summed E-state index contributed by atoms with van der Waals surface area (Å²) in [6, 6.07) is 4.95. The van der Waals surface area contributed by atoms with Crippen molar-refractivity contribution < 1.29 is 5.11 Å². The second kappa shape index (κ2) is 7.85. The molecular formula is C20H32N4O. The Hall–Kier alpha value is -1.43. The third-order valence-corrected chi connectivity index (χ3v) is 5.69. The number of aliphatic hydroxyl groups excluding tert-OH is 1. The molecule has 0 bridgehead atoms. The number of β-amino-alcohol motifs (C(OH)–C–C–N with tert-alkyl or cyclic N) is 1. The number of aryl methyl sites for hydroxylation is 2. The van der Waals surface area contributed by atoms with E-state index in [2.05, 4.69) is 59.2 Å². The van der Waals surface area contributed by atoms with Crippen molar-refractivity contribution in [3.63, 3.8) is 0 Å². The summed E-state index contributed by atoms with van der Waals surface area (Å²) in [5.41, 5.74) is 4.66. The molecule has 1 saturated heterocycles. The van der Waals surface area contributed by atoms with Gasteiger partial charge in [0.15, 0.2) is 0 Å². The highest BCUT2D eigenvalue weighted by atomic mass is 16.3. The van der Waals surface area contributed by atoms with Gasteiger partial charge in [0.1, 0.15) is 0 Å². The van der Waals surface area contributed by atoms with Gasteiger partial charge in [-0.3, -0.25) is 9.80 Å². The highest BCUT2D eigenvalue weighted by molar-refractivity contribution is 5.77. The van der Waals surface area contributed by atoms with Crippen molar-refractivity contribution >= 4 is 11.0 Å². The van der Waals surface area contributed by atoms with Gasteiger partial charge >= 0.3 is 0 Å². The minimum absolute atomic E-state index is 0.366. The molecule has 1 aliphatic heterocycles. The predicted octanol–water partition coefficient (Wildman–Crippen LogP) is 2.43. The van der Waals surface area contributed by atoms with E-state index in [1.54, 1.807) is 0 Å². The molecule has 1 aromatic carbocycles. The molecule has 2 aromatic rings. The lowest BCUT2D eigenvalue weighted by Gasteiger charge is -2.26. The van der Waals surface area contributed by atoms with Crippen molar-refractivity contribution in [3.05, 3.63) is 29.6 Å². The van der Waals surface area contributed by atoms with E-state index in [0.29, 0.717) is 12.6 Å². The second-order valence-electron chi connectivity index (χ2n) is 7.40. The van der Waals surface area contributed by atoms with Gasteiger partial charge in [0.2, 0.25) is 0 Å². The second-order valence-corrected chi connectivity index (χ2v) is 7.40. The lowest BCUT2D eigenvalue weighted by Crippen LogP contribution is -2.39. The number of benzene rings is 1. The lowest BCUT2D eigenvalue weighted by atomic mass is 10.1. The summed E-state index contributed by atoms with van der Waals surface area (Å²) in [5, 5.41) is 10.6. The number of aromatic nitrogens is 2. The van der Waals surface area contributed by atoms with E-state index >= 15 is 0 Å². The third-order valence-electron chi connectivity index (χ3n) is 5.69. The largest absolute Gasteiger partial charge is 0.390 e. The van der Waals surface area contributed by atoms with Gasteiger partial charge in [-0.25, -0.2) is 4.98 Å². The van der Waals surface area contributed by atoms with Gasteiger partial charge < -0.3 is 9.67 Å². The van der Waals surface area contributed by atoms with Gasteiger partial charge in [0.05, 0.1) is 30.0 Å². The number of imidazole rings is 1. The monoisotopic (exact) mass is 344 g/mol. The summed E-state index contributed by atoms with van der Waals surface area (Å²) in [6.45, 7) is 14.4. The summed E-state index contributed by atoms with van der Waals surface area (Å²) < 4.78 is 2.09. The van der Waals surface area contributed by atoms with Gasteiger partial charge in [-0.2, -0.15) is 0 Å². The molecule has 0 amide bonds. The molecule has 1 aliphatic rings. The van der Waals surface area contributed by atoms with Crippen molar-refractivity contribution in [1.82, 2.24) is 19.4 Å². The van der Waals surface area contributed by atoms with Gasteiger partial charge in [-0.15, -0.1) is 0 Å². The number of likely N-dealkylation sites (tertiary alicyclic amines) is 1. The van der Waals surface area contributed by atoms with Crippen molar-refractivity contribution in [2.24, 2.45) is 0 Å². The fraction of sp³-hybridized carbons (Fsp3) is 0.650. The average Bonchev–Trinajstić information content (AvgIpc) is 3.18. The molecular weight excluding hydrogens is 312 g/mol. The van der Waals surface area contributed by atoms with Crippen LogP contribution >= 0.6 is 0 Å². The van der Waals surface area contributed by atoms with Gasteiger partial charge in [-0.05, 0) is 63.2 Å². The van der Waals surface area contributed by atoms with Gasteiger partial charge in [0.25, 0.3) is 0 Å². The highest BCUT2D eigenvalue weighted by Crippen LogP contribution is 2.20. The number of rotatable bonds is 7. The van der Waals surface area contributed by atoms with Crippen LogP contribution in [-0.4, -0.2) is 69.3 Å². The minimum atomic E-state index is -0.366. The molecule has 0 radical (unpaired) electrons. The maximum atomic E-state index is 10.6. The first kappa shape index (κ1) is 18.4. The van der Waals surface area contributed by atoms with Crippen LogP contribution in [0.5, 0.6) is 0 Å². The number of nitrogens with zero attached hydrogens (tertiary/aromatic N) is 4. The maximum Gasteiger partial charge on any atom is 0.0959 e. The first-order chi connectivity index (χ1) is 12.0. The molecule has 25 heavy (non-hydrogen) atoms. The van der Waals surface area contributed by atoms with Crippen LogP contribution in [-0.2, 0) is 6.54 Å². The van der Waals surface area contributed by atoms with Gasteiger partial charge in [-0.1, -0.05) is 13.8 Å². The number of fused-ring (bicyclic) bond motifs is 1. The molecule has 0 aliphatic carbocycles. The quantitative estimate of drug-likeness (QED) is 0.838. The van der Waals surface area contributed by atoms with Crippen LogP contribution in [0, 0.1) is 13.8 Å². The molecule has 2 atom stereocenters. The Morgan fingerprint density at radius 1 is 1.20 bits per heavy atom. The van der Waals surface area contributed by atoms with E-state index < -0.39 is 0 Å². The molecule has 3 rings (SSSR count). The molecule has 1 N–H and O–H groups in total. The summed E-state index contributed by atoms with van der Waals surface area (Å²) in [6.07, 6.45) is 2.70. The Bertz CT molecular complexity index is 707. The van der Waals surface area contributed by atoms with Crippen molar-refractivity contribution in [3.8, 4) is 0 Å². The van der Waals surface area contributed by atoms with E-state index in [1.807, 2.05) is 6.33 Å². The van der Waals surface area contributed by atoms with Crippen LogP contribution < -0.4 is 0 Å². The molecule has 2 heterocycles. The Balaban J connectivity index is 1.60. The summed E-state index contributed by atoms with van der Waals surface area (Å²) in [4.78, 5) is 9.43. The molecule has 138 valence electrons. The zero-order valence-corrected chi connectivity index (χ0v) is 16.1. The topological polar surface area (TPSA) is 44.5 Å². The normalized spacial score (nSPS) is 20.0. The highest BCUT2D eigenvalue weighted by Gasteiger charge is 2.27. The van der Waals surface area contributed by atoms with Crippen LogP contribution in [0.1, 0.15) is 31.4 Å². The smallest absolute Gasteiger partial charge is 0.0959 e. The van der Waals surface area contributed by atoms with Gasteiger partial charge in [0, 0.05) is 19.1 Å². The molecule has 5 heteroatoms. The number of aliphatic hydroxyl groups is 1. The Kier molecular flexibility index (Phi) is 5.77. The van der Waals surface area contributed by atoms with Crippen molar-refractivity contribution in [2.45, 2.75) is 52.8 Å². The fourth-order valence-electron chi connectivity index (χ4n) is 4.06. The summed E-state index contributed by atoms with van der Waals surface area (Å²) in [5.74, 6) is 0. The van der Waals surface area contributed by atoms with Crippen LogP contribution in [0.25, 0.3) is 11.0 Å². The molecule has 0 saturated carbocycles. The van der Waals surface area contributed by atoms with E-state index in [1.165, 1.54) is 17.5 Å². The van der Waals surface area contributed by atoms with E-state index in [0.717, 1.165) is 43.8 Å². The molecule has 2 unspecified atom stereocenters. The summed E-state index contributed by atoms with van der Waals surface area (Å²) in [7, 11) is 0. The molecule has 1 fully saturated rings. The van der Waals surface area contributed by atoms with Crippen LogP contribution in [0.4, 0.5) is 0 Å². The SMILES string of the molecule is CCN(CC)C1CCN(CC(O)Cn2cnc3cc(C)c(C)cc32)C1. The summed E-state index contributed by atoms with van der Waals surface area (Å²) >= 11 is 0. The third kappa shape index (κ3) is 4.05. The van der Waals surface area contributed by atoms with E-state index in [4.69, 9.17) is 0 Å². The van der Waals surface area contributed by atoms with Crippen LogP contribution in [0.3, 0.4) is 0 Å². The maximum absolute atomic E-state index is 10.6. The number of likely N-dealkylation sites (N-methyl/N-ethyl adjacent to an activating group) is 1. The lowest BCUT2D eigenvalue weighted by molar-refractivity contribution is 0.105. The van der Waals surface area contributed by atoms with Crippen molar-refractivity contribution in [1.29, 1.82) is 0 Å². The van der Waals surface area contributed by atoms with Crippen LogP contribution in [0.15, 0.2) is 18.5 Å². The standard InChI is InChI=1S/C20H32N4O/c1-5-23(6-2)17-7-8-22(11-17)12-18(25)13-24-14-21-19-9-15(3)16(4)10-20(19)24/h9-10,14,17-18,25H,5-8,11-13H2,1-4H3. The molecule has 1 aromatic heterocycles. The molecule has 5 nitrogen and oxygen atoms in total. The number of hydrogen-bond donors (Lipinski definition) is 1. The first-order valence-electron chi connectivity index (χ1n) is 9.58. The van der Waals surface area contributed by atoms with E-state index in [9.17, 15) is 5.11 Å². The zero-order chi connectivity index (χ0) is 18.0. The Morgan fingerprint density at radius 3 is 2.64 bits per heavy atom. The minimum Gasteiger partial charge on any atom is -0.390 e. The Labute approximate surface area is 151 Å². The van der Waals surface area contributed by atoms with E-state index in [-0.39, 0.29) is 6.10 Å². The first-order valence-corrected chi connectivity index (χ1v) is 9.58. The average molecular weight is 345 g/mol. The van der Waals surface area contributed by atoms with Crippen molar-refractivity contribution in [2.75, 3.05) is 32.7 Å². The Morgan fingerprint density at radius 2 is 1.92 bits per heavy atom. The fourth-order valence-corrected chi connectivity index (χ4v) is 4.06. The van der Waals surface area contributed by atoms with Crippen LogP contribution in [0.2, 0.25) is 0 Å². The molecule has 0 spiro atoms. The number of hydrogen-bond acceptors (Lipinski definition) is 4. The predicted molar refractivity (Wildman–Crippen MR) is 103 cm³/mol. The zero-order valence-electron chi connectivity index (χ0n) is 16.1.